The number of hydrogen-bond acceptors (Lipinski definition) is 5. The zero-order valence-electron chi connectivity index (χ0n) is 16.3. The Hall–Kier alpha value is -2.58. The maximum Gasteiger partial charge on any atom is 0.243 e. The third-order valence-corrected chi connectivity index (χ3v) is 7.12. The first-order chi connectivity index (χ1) is 13.9. The van der Waals surface area contributed by atoms with Gasteiger partial charge in [0.25, 0.3) is 0 Å². The van der Waals surface area contributed by atoms with Gasteiger partial charge < -0.3 is 14.8 Å². The number of carbonyl (C=O) groups excluding carboxylic acids is 1. The molecule has 2 heterocycles. The van der Waals surface area contributed by atoms with Crippen LogP contribution in [0.4, 0.5) is 5.69 Å². The number of ether oxygens (including phenoxy) is 2. The van der Waals surface area contributed by atoms with E-state index in [-0.39, 0.29) is 10.8 Å². The Labute approximate surface area is 170 Å². The van der Waals surface area contributed by atoms with Crippen molar-refractivity contribution in [2.75, 3.05) is 25.1 Å². The predicted octanol–water partition coefficient (Wildman–Crippen LogP) is 2.95. The molecule has 1 N–H and O–H groups in total. The van der Waals surface area contributed by atoms with Gasteiger partial charge in [0.15, 0.2) is 11.5 Å². The van der Waals surface area contributed by atoms with Crippen molar-refractivity contribution in [3.05, 3.63) is 48.0 Å². The summed E-state index contributed by atoms with van der Waals surface area (Å²) in [5.41, 5.74) is 1.54. The van der Waals surface area contributed by atoms with Crippen molar-refractivity contribution < 1.29 is 22.7 Å². The first kappa shape index (κ1) is 19.7. The number of fused-ring (bicyclic) bond motifs is 1. The highest BCUT2D eigenvalue weighted by Crippen LogP contribution is 2.33. The van der Waals surface area contributed by atoms with Gasteiger partial charge in [0.1, 0.15) is 19.3 Å². The van der Waals surface area contributed by atoms with Crippen LogP contribution in [-0.4, -0.2) is 44.4 Å². The number of benzene rings is 2. The Kier molecular flexibility index (Phi) is 5.47. The predicted molar refractivity (Wildman–Crippen MR) is 109 cm³/mol. The van der Waals surface area contributed by atoms with Gasteiger partial charge in [0.05, 0.1) is 4.90 Å². The molecule has 1 amide bonds. The summed E-state index contributed by atoms with van der Waals surface area (Å²) in [5.74, 6) is 0.870. The van der Waals surface area contributed by atoms with Gasteiger partial charge in [-0.15, -0.1) is 0 Å². The van der Waals surface area contributed by atoms with Crippen LogP contribution < -0.4 is 14.8 Å². The molecule has 2 aromatic rings. The van der Waals surface area contributed by atoms with E-state index in [1.807, 2.05) is 6.92 Å². The van der Waals surface area contributed by atoms with Crippen LogP contribution in [0.5, 0.6) is 11.5 Å². The molecule has 2 aromatic carbocycles. The maximum atomic E-state index is 13.2. The molecule has 0 radical (unpaired) electrons. The second-order valence-electron chi connectivity index (χ2n) is 7.29. The van der Waals surface area contributed by atoms with Gasteiger partial charge in [-0.1, -0.05) is 24.1 Å². The van der Waals surface area contributed by atoms with E-state index < -0.39 is 16.1 Å². The number of nitrogens with zero attached hydrogens (tertiary/aromatic N) is 1. The molecule has 1 saturated heterocycles. The number of sulfonamides is 1. The van der Waals surface area contributed by atoms with Gasteiger partial charge >= 0.3 is 0 Å². The average molecular weight is 416 g/mol. The molecule has 29 heavy (non-hydrogen) atoms. The lowest BCUT2D eigenvalue weighted by Crippen LogP contribution is -2.49. The number of hydrogen-bond donors (Lipinski definition) is 1. The normalized spacial score (nSPS) is 19.6. The van der Waals surface area contributed by atoms with E-state index in [9.17, 15) is 13.2 Å². The molecule has 2 aliphatic rings. The van der Waals surface area contributed by atoms with E-state index in [2.05, 4.69) is 5.32 Å². The molecule has 2 aliphatic heterocycles. The SMILES string of the molecule is Cc1ccc(S(=O)(=O)N2CCCCC2C(=O)Nc2ccc3c(c2)OCCO3)cc1. The van der Waals surface area contributed by atoms with Crippen molar-refractivity contribution in [2.24, 2.45) is 0 Å². The van der Waals surface area contributed by atoms with E-state index in [0.717, 1.165) is 18.4 Å². The standard InChI is InChI=1S/C21H24N2O5S/c1-15-5-8-17(9-6-15)29(25,26)23-11-3-2-4-18(23)21(24)22-16-7-10-19-20(14-16)28-13-12-27-19/h5-10,14,18H,2-4,11-13H2,1H3,(H,22,24). The van der Waals surface area contributed by atoms with E-state index in [1.54, 1.807) is 42.5 Å². The van der Waals surface area contributed by atoms with Crippen molar-refractivity contribution in [1.29, 1.82) is 0 Å². The summed E-state index contributed by atoms with van der Waals surface area (Å²) < 4.78 is 38.7. The quantitative estimate of drug-likeness (QED) is 0.828. The largest absolute Gasteiger partial charge is 0.486 e. The first-order valence-corrected chi connectivity index (χ1v) is 11.2. The average Bonchev–Trinajstić information content (AvgIpc) is 2.74. The summed E-state index contributed by atoms with van der Waals surface area (Å²) in [6.45, 7) is 3.18. The minimum absolute atomic E-state index is 0.210. The van der Waals surface area contributed by atoms with E-state index in [4.69, 9.17) is 9.47 Å². The monoisotopic (exact) mass is 416 g/mol. The van der Waals surface area contributed by atoms with Gasteiger partial charge in [0, 0.05) is 18.3 Å². The third-order valence-electron chi connectivity index (χ3n) is 5.19. The topological polar surface area (TPSA) is 84.9 Å². The Balaban J connectivity index is 1.55. The van der Waals surface area contributed by atoms with Gasteiger partial charge in [0.2, 0.25) is 15.9 Å². The Morgan fingerprint density at radius 2 is 1.76 bits per heavy atom. The smallest absolute Gasteiger partial charge is 0.243 e. The molecule has 1 unspecified atom stereocenters. The van der Waals surface area contributed by atoms with Crippen LogP contribution in [0.3, 0.4) is 0 Å². The highest BCUT2D eigenvalue weighted by Gasteiger charge is 2.37. The summed E-state index contributed by atoms with van der Waals surface area (Å²) >= 11 is 0. The molecule has 1 fully saturated rings. The van der Waals surface area contributed by atoms with Crippen molar-refractivity contribution in [1.82, 2.24) is 4.31 Å². The van der Waals surface area contributed by atoms with E-state index in [1.165, 1.54) is 4.31 Å². The van der Waals surface area contributed by atoms with Crippen LogP contribution in [0.15, 0.2) is 47.4 Å². The number of aryl methyl sites for hydroxylation is 1. The molecule has 0 saturated carbocycles. The lowest BCUT2D eigenvalue weighted by molar-refractivity contribution is -0.120. The van der Waals surface area contributed by atoms with Crippen molar-refractivity contribution in [3.8, 4) is 11.5 Å². The van der Waals surface area contributed by atoms with Crippen LogP contribution in [0.25, 0.3) is 0 Å². The van der Waals surface area contributed by atoms with E-state index in [0.29, 0.717) is 43.4 Å². The van der Waals surface area contributed by atoms with Gasteiger partial charge in [-0.25, -0.2) is 8.42 Å². The summed E-state index contributed by atoms with van der Waals surface area (Å²) in [5, 5.41) is 2.84. The molecule has 154 valence electrons. The Bertz CT molecular complexity index is 1000. The van der Waals surface area contributed by atoms with Crippen LogP contribution in [0.1, 0.15) is 24.8 Å². The highest BCUT2D eigenvalue weighted by atomic mass is 32.2. The zero-order chi connectivity index (χ0) is 20.4. The number of amides is 1. The molecule has 7 nitrogen and oxygen atoms in total. The second-order valence-corrected chi connectivity index (χ2v) is 9.18. The lowest BCUT2D eigenvalue weighted by atomic mass is 10.0. The zero-order valence-corrected chi connectivity index (χ0v) is 17.1. The number of rotatable bonds is 4. The minimum atomic E-state index is -3.75. The minimum Gasteiger partial charge on any atom is -0.486 e. The van der Waals surface area contributed by atoms with Crippen molar-refractivity contribution in [2.45, 2.75) is 37.1 Å². The lowest BCUT2D eigenvalue weighted by Gasteiger charge is -2.33. The number of anilines is 1. The van der Waals surface area contributed by atoms with Crippen LogP contribution >= 0.6 is 0 Å². The highest BCUT2D eigenvalue weighted by molar-refractivity contribution is 7.89. The van der Waals surface area contributed by atoms with Crippen LogP contribution in [0, 0.1) is 6.92 Å². The summed E-state index contributed by atoms with van der Waals surface area (Å²) in [6.07, 6.45) is 2.03. The molecular weight excluding hydrogens is 392 g/mol. The van der Waals surface area contributed by atoms with Crippen LogP contribution in [-0.2, 0) is 14.8 Å². The van der Waals surface area contributed by atoms with Crippen molar-refractivity contribution in [3.63, 3.8) is 0 Å². The fraction of sp³-hybridized carbons (Fsp3) is 0.381. The van der Waals surface area contributed by atoms with Crippen molar-refractivity contribution >= 4 is 21.6 Å². The fourth-order valence-corrected chi connectivity index (χ4v) is 5.30. The molecule has 0 aliphatic carbocycles. The maximum absolute atomic E-state index is 13.2. The summed E-state index contributed by atoms with van der Waals surface area (Å²) in [4.78, 5) is 13.2. The van der Waals surface area contributed by atoms with Gasteiger partial charge in [-0.05, 0) is 44.0 Å². The second kappa shape index (κ2) is 8.04. The molecular formula is C21H24N2O5S. The van der Waals surface area contributed by atoms with Gasteiger partial charge in [-0.2, -0.15) is 4.31 Å². The van der Waals surface area contributed by atoms with Gasteiger partial charge in [-0.3, -0.25) is 4.79 Å². The molecule has 0 bridgehead atoms. The van der Waals surface area contributed by atoms with E-state index >= 15 is 0 Å². The summed E-state index contributed by atoms with van der Waals surface area (Å²) in [6, 6.07) is 11.1. The summed E-state index contributed by atoms with van der Waals surface area (Å²) in [7, 11) is -3.75. The number of carbonyl (C=O) groups is 1. The molecule has 8 heteroatoms. The Morgan fingerprint density at radius 3 is 2.52 bits per heavy atom. The first-order valence-electron chi connectivity index (χ1n) is 9.74. The third kappa shape index (κ3) is 4.09. The Morgan fingerprint density at radius 1 is 1.03 bits per heavy atom. The fourth-order valence-electron chi connectivity index (χ4n) is 3.65. The number of piperidine rings is 1. The molecule has 4 rings (SSSR count). The molecule has 0 aromatic heterocycles. The molecule has 0 spiro atoms. The van der Waals surface area contributed by atoms with Crippen LogP contribution in [0.2, 0.25) is 0 Å². The number of nitrogens with one attached hydrogen (secondary N) is 1. The molecule has 1 atom stereocenters.